The minimum absolute atomic E-state index is 0.0467. The van der Waals surface area contributed by atoms with E-state index in [0.29, 0.717) is 0 Å². The molecule has 0 atom stereocenters. The summed E-state index contributed by atoms with van der Waals surface area (Å²) in [6.45, 7) is 7.78. The fraction of sp³-hybridized carbons (Fsp3) is 0.750. The van der Waals surface area contributed by atoms with Crippen molar-refractivity contribution in [2.75, 3.05) is 0 Å². The molecular formula is C16H30O4Si. The van der Waals surface area contributed by atoms with Crippen molar-refractivity contribution in [2.45, 2.75) is 77.9 Å². The Labute approximate surface area is 129 Å². The van der Waals surface area contributed by atoms with E-state index < -0.39 is 14.3 Å². The molecule has 0 fully saturated rings. The Morgan fingerprint density at radius 1 is 1.10 bits per heavy atom. The van der Waals surface area contributed by atoms with Gasteiger partial charge < -0.3 is 9.53 Å². The molecular weight excluding hydrogens is 284 g/mol. The van der Waals surface area contributed by atoms with E-state index in [4.69, 9.17) is 9.53 Å². The summed E-state index contributed by atoms with van der Waals surface area (Å²) < 4.78 is 5.56. The maximum absolute atomic E-state index is 11.7. The van der Waals surface area contributed by atoms with Gasteiger partial charge in [-0.05, 0) is 26.1 Å². The summed E-state index contributed by atoms with van der Waals surface area (Å²) >= 11 is 0. The van der Waals surface area contributed by atoms with Crippen LogP contribution in [0.15, 0.2) is 11.6 Å². The van der Waals surface area contributed by atoms with Crippen LogP contribution in [0.1, 0.15) is 58.8 Å². The van der Waals surface area contributed by atoms with Crippen molar-refractivity contribution in [3.8, 4) is 0 Å². The second-order valence-corrected chi connectivity index (χ2v) is 10.4. The lowest BCUT2D eigenvalue weighted by Crippen LogP contribution is -2.33. The van der Waals surface area contributed by atoms with Crippen molar-refractivity contribution in [2.24, 2.45) is 0 Å². The summed E-state index contributed by atoms with van der Waals surface area (Å²) in [5.74, 6) is -1.30. The Balaban J connectivity index is 3.97. The van der Waals surface area contributed by atoms with Crippen molar-refractivity contribution in [1.29, 1.82) is 0 Å². The van der Waals surface area contributed by atoms with Gasteiger partial charge in [0.2, 0.25) is 8.32 Å². The highest BCUT2D eigenvalue weighted by atomic mass is 28.4. The number of carboxylic acid groups (broad SMARTS) is 1. The maximum Gasteiger partial charge on any atom is 0.330 e. The molecule has 0 saturated carbocycles. The molecule has 0 unspecified atom stereocenters. The lowest BCUT2D eigenvalue weighted by molar-refractivity contribution is -0.134. The standard InChI is InChI=1S/C16H30O4Si/c1-5-6-7-8-9-10-13-21(3,4)20-15(17)12-11-14(2)16(18)19/h11H,5-10,12-13H2,1-4H3,(H,18,19). The zero-order valence-corrected chi connectivity index (χ0v) is 14.9. The third-order valence-electron chi connectivity index (χ3n) is 3.43. The number of rotatable bonds is 11. The summed E-state index contributed by atoms with van der Waals surface area (Å²) in [5, 5.41) is 8.72. The van der Waals surface area contributed by atoms with E-state index in [2.05, 4.69) is 6.92 Å². The molecule has 0 aliphatic carbocycles. The first-order valence-electron chi connectivity index (χ1n) is 7.90. The first-order chi connectivity index (χ1) is 9.78. The van der Waals surface area contributed by atoms with E-state index in [0.717, 1.165) is 12.5 Å². The molecule has 0 aromatic heterocycles. The highest BCUT2D eigenvalue weighted by Crippen LogP contribution is 2.18. The van der Waals surface area contributed by atoms with Crippen LogP contribution in [-0.2, 0) is 14.0 Å². The van der Waals surface area contributed by atoms with E-state index in [9.17, 15) is 9.59 Å². The largest absolute Gasteiger partial charge is 0.519 e. The minimum Gasteiger partial charge on any atom is -0.519 e. The number of carbonyl (C=O) groups is 2. The number of aliphatic carboxylic acids is 1. The van der Waals surface area contributed by atoms with Crippen LogP contribution in [-0.4, -0.2) is 25.4 Å². The van der Waals surface area contributed by atoms with Crippen LogP contribution in [0.5, 0.6) is 0 Å². The van der Waals surface area contributed by atoms with Gasteiger partial charge in [-0.25, -0.2) is 4.79 Å². The van der Waals surface area contributed by atoms with Crippen molar-refractivity contribution >= 4 is 20.3 Å². The molecule has 1 N–H and O–H groups in total. The lowest BCUT2D eigenvalue weighted by atomic mass is 10.1. The smallest absolute Gasteiger partial charge is 0.330 e. The van der Waals surface area contributed by atoms with E-state index in [1.54, 1.807) is 0 Å². The number of hydrogen-bond donors (Lipinski definition) is 1. The van der Waals surface area contributed by atoms with Crippen molar-refractivity contribution < 1.29 is 19.1 Å². The van der Waals surface area contributed by atoms with Crippen LogP contribution in [0.4, 0.5) is 0 Å². The lowest BCUT2D eigenvalue weighted by Gasteiger charge is -2.22. The second-order valence-electron chi connectivity index (χ2n) is 6.15. The molecule has 0 saturated heterocycles. The Kier molecular flexibility index (Phi) is 10.0. The number of unbranched alkanes of at least 4 members (excludes halogenated alkanes) is 5. The molecule has 0 heterocycles. The van der Waals surface area contributed by atoms with E-state index in [1.807, 2.05) is 13.1 Å². The summed E-state index contributed by atoms with van der Waals surface area (Å²) in [4.78, 5) is 22.4. The predicted molar refractivity (Wildman–Crippen MR) is 87.8 cm³/mol. The van der Waals surface area contributed by atoms with E-state index in [-0.39, 0.29) is 18.0 Å². The quantitative estimate of drug-likeness (QED) is 0.346. The molecule has 0 rings (SSSR count). The van der Waals surface area contributed by atoms with Crippen LogP contribution in [0.2, 0.25) is 19.1 Å². The van der Waals surface area contributed by atoms with Gasteiger partial charge in [-0.1, -0.05) is 51.5 Å². The molecule has 0 bridgehead atoms. The Hall–Kier alpha value is -1.10. The molecule has 0 aromatic carbocycles. The first kappa shape index (κ1) is 19.9. The van der Waals surface area contributed by atoms with Crippen molar-refractivity contribution in [1.82, 2.24) is 0 Å². The molecule has 0 radical (unpaired) electrons. The average molecular weight is 314 g/mol. The van der Waals surface area contributed by atoms with Gasteiger partial charge in [0, 0.05) is 5.57 Å². The van der Waals surface area contributed by atoms with Gasteiger partial charge in [-0.2, -0.15) is 0 Å². The topological polar surface area (TPSA) is 63.6 Å². The molecule has 122 valence electrons. The molecule has 0 aliphatic rings. The normalized spacial score (nSPS) is 12.3. The van der Waals surface area contributed by atoms with Crippen LogP contribution in [0.25, 0.3) is 0 Å². The zero-order valence-electron chi connectivity index (χ0n) is 13.9. The van der Waals surface area contributed by atoms with Gasteiger partial charge in [0.25, 0.3) is 5.97 Å². The van der Waals surface area contributed by atoms with Crippen LogP contribution in [0.3, 0.4) is 0 Å². The SMILES string of the molecule is CCCCCCCC[Si](C)(C)OC(=O)CC=C(C)C(=O)O. The van der Waals surface area contributed by atoms with Gasteiger partial charge in [-0.3, -0.25) is 4.79 Å². The predicted octanol–water partition coefficient (Wildman–Crippen LogP) is 4.52. The third-order valence-corrected chi connectivity index (χ3v) is 5.77. The zero-order chi connectivity index (χ0) is 16.3. The van der Waals surface area contributed by atoms with Crippen molar-refractivity contribution in [3.63, 3.8) is 0 Å². The summed E-state index contributed by atoms with van der Waals surface area (Å²) in [6, 6.07) is 0.979. The average Bonchev–Trinajstić information content (AvgIpc) is 2.39. The summed E-state index contributed by atoms with van der Waals surface area (Å²) in [7, 11) is -1.96. The molecule has 21 heavy (non-hydrogen) atoms. The molecule has 0 amide bonds. The van der Waals surface area contributed by atoms with Gasteiger partial charge in [0.05, 0.1) is 6.42 Å². The van der Waals surface area contributed by atoms with Crippen molar-refractivity contribution in [3.05, 3.63) is 11.6 Å². The molecule has 0 spiro atoms. The Morgan fingerprint density at radius 2 is 1.67 bits per heavy atom. The summed E-state index contributed by atoms with van der Waals surface area (Å²) in [6.07, 6.45) is 8.87. The highest BCUT2D eigenvalue weighted by molar-refractivity contribution is 6.72. The summed E-state index contributed by atoms with van der Waals surface area (Å²) in [5.41, 5.74) is 0.183. The number of hydrogen-bond acceptors (Lipinski definition) is 3. The van der Waals surface area contributed by atoms with E-state index >= 15 is 0 Å². The molecule has 4 nitrogen and oxygen atoms in total. The Morgan fingerprint density at radius 3 is 2.24 bits per heavy atom. The monoisotopic (exact) mass is 314 g/mol. The molecule has 5 heteroatoms. The van der Waals surface area contributed by atoms with Crippen LogP contribution >= 0.6 is 0 Å². The van der Waals surface area contributed by atoms with Gasteiger partial charge in [0.1, 0.15) is 0 Å². The molecule has 0 aliphatic heterocycles. The molecule has 0 aromatic rings. The van der Waals surface area contributed by atoms with Crippen LogP contribution in [0, 0.1) is 0 Å². The maximum atomic E-state index is 11.7. The fourth-order valence-electron chi connectivity index (χ4n) is 2.06. The van der Waals surface area contributed by atoms with E-state index in [1.165, 1.54) is 45.1 Å². The fourth-order valence-corrected chi connectivity index (χ4v) is 3.96. The number of carboxylic acids is 1. The first-order valence-corrected chi connectivity index (χ1v) is 11.0. The van der Waals surface area contributed by atoms with Gasteiger partial charge >= 0.3 is 5.97 Å². The van der Waals surface area contributed by atoms with Gasteiger partial charge in [-0.15, -0.1) is 0 Å². The van der Waals surface area contributed by atoms with Gasteiger partial charge in [0.15, 0.2) is 0 Å². The highest BCUT2D eigenvalue weighted by Gasteiger charge is 2.25. The number of carbonyl (C=O) groups excluding carboxylic acids is 1. The minimum atomic E-state index is -1.96. The van der Waals surface area contributed by atoms with Crippen LogP contribution < -0.4 is 0 Å². The Bertz CT molecular complexity index is 361. The third kappa shape index (κ3) is 11.3. The second kappa shape index (κ2) is 10.6.